The first kappa shape index (κ1) is 22.4. The van der Waals surface area contributed by atoms with Gasteiger partial charge in [-0.3, -0.25) is 4.79 Å². The summed E-state index contributed by atoms with van der Waals surface area (Å²) in [7, 11) is -2.31. The van der Waals surface area contributed by atoms with Crippen molar-refractivity contribution in [2.24, 2.45) is 0 Å². The fourth-order valence-electron chi connectivity index (χ4n) is 2.45. The van der Waals surface area contributed by atoms with E-state index in [2.05, 4.69) is 4.72 Å². The maximum absolute atomic E-state index is 12.7. The molecule has 154 valence electrons. The second kappa shape index (κ2) is 10.6. The molecule has 2 aromatic rings. The summed E-state index contributed by atoms with van der Waals surface area (Å²) < 4.78 is 57.5. The molecule has 0 atom stereocenters. The van der Waals surface area contributed by atoms with Gasteiger partial charge in [0.2, 0.25) is 10.0 Å². The third-order valence-corrected chi connectivity index (χ3v) is 6.28. The number of sulfonamides is 1. The predicted octanol–water partition coefficient (Wildman–Crippen LogP) is 2.62. The summed E-state index contributed by atoms with van der Waals surface area (Å²) in [4.78, 5) is 14.5. The summed E-state index contributed by atoms with van der Waals surface area (Å²) in [6.45, 7) is -0.321. The van der Waals surface area contributed by atoms with Crippen LogP contribution in [0.1, 0.15) is 15.2 Å². The zero-order valence-corrected chi connectivity index (χ0v) is 16.9. The number of alkyl halides is 2. The third kappa shape index (κ3) is 6.62. The third-order valence-electron chi connectivity index (χ3n) is 3.87. The van der Waals surface area contributed by atoms with Gasteiger partial charge in [-0.15, -0.1) is 11.3 Å². The number of hydrogen-bond donors (Lipinski definition) is 1. The van der Waals surface area contributed by atoms with Crippen molar-refractivity contribution < 1.29 is 26.7 Å². The lowest BCUT2D eigenvalue weighted by molar-refractivity contribution is 0.0478. The van der Waals surface area contributed by atoms with Crippen molar-refractivity contribution in [1.29, 1.82) is 0 Å². The Bertz CT molecular complexity index is 841. The molecule has 6 nitrogen and oxygen atoms in total. The fourth-order valence-corrected chi connectivity index (χ4v) is 4.19. The number of nitrogens with one attached hydrogen (secondary N) is 1. The molecule has 0 unspecified atom stereocenters. The summed E-state index contributed by atoms with van der Waals surface area (Å²) in [5.41, 5.74) is 0.134. The van der Waals surface area contributed by atoms with E-state index < -0.39 is 28.9 Å². The maximum Gasteiger partial charge on any atom is 0.255 e. The Morgan fingerprint density at radius 1 is 1.25 bits per heavy atom. The molecule has 0 radical (unpaired) electrons. The first-order valence-corrected chi connectivity index (χ1v) is 10.9. The number of amides is 1. The Balaban J connectivity index is 2.02. The van der Waals surface area contributed by atoms with Crippen molar-refractivity contribution >= 4 is 27.3 Å². The molecule has 0 spiro atoms. The number of hydrogen-bond acceptors (Lipinski definition) is 5. The molecule has 1 aromatic heterocycles. The van der Waals surface area contributed by atoms with Crippen LogP contribution in [0.5, 0.6) is 0 Å². The summed E-state index contributed by atoms with van der Waals surface area (Å²) in [5.74, 6) is -0.605. The largest absolute Gasteiger partial charge is 0.383 e. The van der Waals surface area contributed by atoms with Crippen LogP contribution in [-0.2, 0) is 21.2 Å². The van der Waals surface area contributed by atoms with E-state index in [1.165, 1.54) is 31.4 Å². The van der Waals surface area contributed by atoms with E-state index in [0.29, 0.717) is 6.42 Å². The number of nitrogens with zero attached hydrogens (tertiary/aromatic N) is 1. The van der Waals surface area contributed by atoms with Gasteiger partial charge >= 0.3 is 0 Å². The Morgan fingerprint density at radius 3 is 2.54 bits per heavy atom. The lowest BCUT2D eigenvalue weighted by Crippen LogP contribution is -2.37. The zero-order valence-electron chi connectivity index (χ0n) is 15.3. The summed E-state index contributed by atoms with van der Waals surface area (Å²) in [6, 6.07) is 9.04. The molecule has 0 fully saturated rings. The number of carbonyl (C=O) groups is 1. The Morgan fingerprint density at radius 2 is 1.96 bits per heavy atom. The van der Waals surface area contributed by atoms with Gasteiger partial charge in [0.15, 0.2) is 0 Å². The van der Waals surface area contributed by atoms with Gasteiger partial charge in [0, 0.05) is 30.6 Å². The van der Waals surface area contributed by atoms with E-state index in [1.807, 2.05) is 17.5 Å². The van der Waals surface area contributed by atoms with Gasteiger partial charge in [0.1, 0.15) is 0 Å². The van der Waals surface area contributed by atoms with E-state index in [1.54, 1.807) is 11.3 Å². The van der Waals surface area contributed by atoms with Gasteiger partial charge in [-0.25, -0.2) is 21.9 Å². The number of thiophene rings is 1. The van der Waals surface area contributed by atoms with Gasteiger partial charge in [0.25, 0.3) is 12.3 Å². The van der Waals surface area contributed by atoms with Crippen molar-refractivity contribution in [3.63, 3.8) is 0 Å². The van der Waals surface area contributed by atoms with Gasteiger partial charge < -0.3 is 9.64 Å². The number of ether oxygens (including phenoxy) is 1. The minimum Gasteiger partial charge on any atom is -0.383 e. The minimum atomic E-state index is -3.72. The van der Waals surface area contributed by atoms with Gasteiger partial charge in [-0.1, -0.05) is 6.07 Å². The average Bonchev–Trinajstić information content (AvgIpc) is 3.17. The zero-order chi connectivity index (χ0) is 20.6. The average molecular weight is 433 g/mol. The van der Waals surface area contributed by atoms with Gasteiger partial charge in [-0.2, -0.15) is 0 Å². The van der Waals surface area contributed by atoms with Crippen LogP contribution >= 0.6 is 11.3 Å². The van der Waals surface area contributed by atoms with E-state index in [9.17, 15) is 22.0 Å². The molecule has 0 aliphatic rings. The lowest BCUT2D eigenvalue weighted by Gasteiger charge is -2.22. The topological polar surface area (TPSA) is 75.7 Å². The van der Waals surface area contributed by atoms with E-state index in [4.69, 9.17) is 4.74 Å². The molecule has 0 bridgehead atoms. The quantitative estimate of drug-likeness (QED) is 0.592. The molecule has 28 heavy (non-hydrogen) atoms. The van der Waals surface area contributed by atoms with Gasteiger partial charge in [0.05, 0.1) is 18.0 Å². The molecule has 0 saturated carbocycles. The summed E-state index contributed by atoms with van der Waals surface area (Å²) in [5, 5.41) is 1.92. The van der Waals surface area contributed by atoms with Crippen molar-refractivity contribution in [2.75, 3.05) is 33.4 Å². The minimum absolute atomic E-state index is 0.00697. The second-order valence-corrected chi connectivity index (χ2v) is 8.69. The standard InChI is InChI=1S/C18H22F2N2O4S2/c1-26-11-10-22(13-17(19)20)18(23)14-4-6-16(7-5-14)28(24,25)21-9-8-15-3-2-12-27-15/h2-7,12,17,21H,8-11,13H2,1H3. The molecule has 0 aliphatic heterocycles. The Hall–Kier alpha value is -1.88. The van der Waals surface area contributed by atoms with Crippen LogP contribution in [0, 0.1) is 0 Å². The highest BCUT2D eigenvalue weighted by molar-refractivity contribution is 7.89. The highest BCUT2D eigenvalue weighted by Crippen LogP contribution is 2.14. The number of methoxy groups -OCH3 is 1. The molecule has 10 heteroatoms. The monoisotopic (exact) mass is 432 g/mol. The van der Waals surface area contributed by atoms with Crippen LogP contribution in [0.2, 0.25) is 0 Å². The van der Waals surface area contributed by atoms with E-state index in [-0.39, 0.29) is 30.2 Å². The van der Waals surface area contributed by atoms with Crippen LogP contribution in [0.3, 0.4) is 0 Å². The highest BCUT2D eigenvalue weighted by Gasteiger charge is 2.21. The maximum atomic E-state index is 12.7. The first-order chi connectivity index (χ1) is 13.3. The Labute approximate surface area is 167 Å². The number of rotatable bonds is 11. The van der Waals surface area contributed by atoms with E-state index >= 15 is 0 Å². The van der Waals surface area contributed by atoms with Crippen LogP contribution in [0.4, 0.5) is 8.78 Å². The normalized spacial score (nSPS) is 11.7. The molecule has 1 aromatic carbocycles. The number of carbonyl (C=O) groups excluding carboxylic acids is 1. The smallest absolute Gasteiger partial charge is 0.255 e. The molecular formula is C18H22F2N2O4S2. The Kier molecular flexibility index (Phi) is 8.49. The van der Waals surface area contributed by atoms with Crippen LogP contribution in [0.25, 0.3) is 0 Å². The molecule has 2 rings (SSSR count). The fraction of sp³-hybridized carbons (Fsp3) is 0.389. The predicted molar refractivity (Wildman–Crippen MR) is 103 cm³/mol. The summed E-state index contributed by atoms with van der Waals surface area (Å²) >= 11 is 1.55. The molecule has 0 aliphatic carbocycles. The van der Waals surface area contributed by atoms with Crippen molar-refractivity contribution in [1.82, 2.24) is 9.62 Å². The van der Waals surface area contributed by atoms with Crippen molar-refractivity contribution in [2.45, 2.75) is 17.7 Å². The molecule has 1 amide bonds. The van der Waals surface area contributed by atoms with Crippen molar-refractivity contribution in [3.05, 3.63) is 52.2 Å². The van der Waals surface area contributed by atoms with Crippen molar-refractivity contribution in [3.8, 4) is 0 Å². The summed E-state index contributed by atoms with van der Waals surface area (Å²) in [6.07, 6.45) is -2.09. The van der Waals surface area contributed by atoms with Crippen LogP contribution < -0.4 is 4.72 Å². The SMILES string of the molecule is COCCN(CC(F)F)C(=O)c1ccc(S(=O)(=O)NCCc2cccs2)cc1. The molecule has 0 saturated heterocycles. The molecule has 1 heterocycles. The van der Waals surface area contributed by atoms with Crippen LogP contribution in [0.15, 0.2) is 46.7 Å². The van der Waals surface area contributed by atoms with E-state index in [0.717, 1.165) is 9.78 Å². The lowest BCUT2D eigenvalue weighted by atomic mass is 10.2. The van der Waals surface area contributed by atoms with Gasteiger partial charge in [-0.05, 0) is 42.1 Å². The second-order valence-electron chi connectivity index (χ2n) is 5.89. The number of benzene rings is 1. The highest BCUT2D eigenvalue weighted by atomic mass is 32.2. The molecular weight excluding hydrogens is 410 g/mol. The van der Waals surface area contributed by atoms with Crippen LogP contribution in [-0.4, -0.2) is 59.0 Å². The number of halogens is 2. The first-order valence-electron chi connectivity index (χ1n) is 8.52. The molecule has 1 N–H and O–H groups in total.